The molecule has 0 amide bonds. The first kappa shape index (κ1) is 9.60. The van der Waals surface area contributed by atoms with Gasteiger partial charge in [-0.25, -0.2) is 14.8 Å². The van der Waals surface area contributed by atoms with Gasteiger partial charge >= 0.3 is 5.97 Å². The SMILES string of the molecule is COC(=O)c1cnc(CN)nc1C. The molecule has 0 aliphatic carbocycles. The summed E-state index contributed by atoms with van der Waals surface area (Å²) in [4.78, 5) is 19.0. The minimum Gasteiger partial charge on any atom is -0.465 e. The number of nitrogens with two attached hydrogens (primary N) is 1. The van der Waals surface area contributed by atoms with Gasteiger partial charge in [0.05, 0.1) is 24.9 Å². The summed E-state index contributed by atoms with van der Waals surface area (Å²) in [6.45, 7) is 1.98. The molecular weight excluding hydrogens is 170 g/mol. The van der Waals surface area contributed by atoms with Gasteiger partial charge in [0.2, 0.25) is 0 Å². The van der Waals surface area contributed by atoms with Crippen molar-refractivity contribution >= 4 is 5.97 Å². The average Bonchev–Trinajstić information content (AvgIpc) is 2.16. The van der Waals surface area contributed by atoms with Crippen LogP contribution in [0.1, 0.15) is 21.9 Å². The Kier molecular flexibility index (Phi) is 2.92. The third-order valence-electron chi connectivity index (χ3n) is 1.62. The van der Waals surface area contributed by atoms with Gasteiger partial charge in [0, 0.05) is 6.20 Å². The molecule has 0 spiro atoms. The van der Waals surface area contributed by atoms with Crippen LogP contribution in [0.4, 0.5) is 0 Å². The molecule has 5 heteroatoms. The van der Waals surface area contributed by atoms with Gasteiger partial charge in [-0.15, -0.1) is 0 Å². The normalized spacial score (nSPS) is 9.77. The van der Waals surface area contributed by atoms with E-state index in [4.69, 9.17) is 5.73 Å². The first-order chi connectivity index (χ1) is 6.19. The fourth-order valence-corrected chi connectivity index (χ4v) is 0.924. The van der Waals surface area contributed by atoms with Crippen LogP contribution in [0.3, 0.4) is 0 Å². The molecule has 70 valence electrons. The third-order valence-corrected chi connectivity index (χ3v) is 1.62. The van der Waals surface area contributed by atoms with Gasteiger partial charge in [-0.1, -0.05) is 0 Å². The highest BCUT2D eigenvalue weighted by Crippen LogP contribution is 2.04. The van der Waals surface area contributed by atoms with Crippen LogP contribution in [0.25, 0.3) is 0 Å². The van der Waals surface area contributed by atoms with Crippen molar-refractivity contribution in [3.63, 3.8) is 0 Å². The molecule has 0 fully saturated rings. The van der Waals surface area contributed by atoms with Crippen molar-refractivity contribution < 1.29 is 9.53 Å². The molecule has 0 saturated carbocycles. The lowest BCUT2D eigenvalue weighted by Crippen LogP contribution is -2.10. The second-order valence-electron chi connectivity index (χ2n) is 2.48. The summed E-state index contributed by atoms with van der Waals surface area (Å²) in [5.74, 6) is 0.0891. The zero-order chi connectivity index (χ0) is 9.84. The summed E-state index contributed by atoms with van der Waals surface area (Å²) in [6.07, 6.45) is 1.43. The van der Waals surface area contributed by atoms with Crippen molar-refractivity contribution in [3.8, 4) is 0 Å². The predicted octanol–water partition coefficient (Wildman–Crippen LogP) is 0.0303. The molecule has 0 radical (unpaired) electrons. The highest BCUT2D eigenvalue weighted by molar-refractivity contribution is 5.89. The number of carbonyl (C=O) groups excluding carboxylic acids is 1. The Morgan fingerprint density at radius 3 is 2.85 bits per heavy atom. The van der Waals surface area contributed by atoms with E-state index >= 15 is 0 Å². The Labute approximate surface area is 75.9 Å². The van der Waals surface area contributed by atoms with Gasteiger partial charge in [0.1, 0.15) is 5.82 Å². The topological polar surface area (TPSA) is 78.1 Å². The molecule has 0 saturated heterocycles. The Hall–Kier alpha value is -1.49. The number of nitrogens with zero attached hydrogens (tertiary/aromatic N) is 2. The quantitative estimate of drug-likeness (QED) is 0.651. The highest BCUT2D eigenvalue weighted by Gasteiger charge is 2.10. The monoisotopic (exact) mass is 181 g/mol. The van der Waals surface area contributed by atoms with Crippen molar-refractivity contribution in [1.29, 1.82) is 0 Å². The smallest absolute Gasteiger partial charge is 0.341 e. The van der Waals surface area contributed by atoms with E-state index in [9.17, 15) is 4.79 Å². The van der Waals surface area contributed by atoms with E-state index in [2.05, 4.69) is 14.7 Å². The van der Waals surface area contributed by atoms with Crippen molar-refractivity contribution in [2.75, 3.05) is 7.11 Å². The van der Waals surface area contributed by atoms with Crippen LogP contribution in [-0.2, 0) is 11.3 Å². The van der Waals surface area contributed by atoms with E-state index in [1.54, 1.807) is 6.92 Å². The maximum Gasteiger partial charge on any atom is 0.341 e. The minimum atomic E-state index is -0.430. The van der Waals surface area contributed by atoms with E-state index in [0.29, 0.717) is 17.1 Å². The highest BCUT2D eigenvalue weighted by atomic mass is 16.5. The van der Waals surface area contributed by atoms with E-state index in [-0.39, 0.29) is 6.54 Å². The first-order valence-corrected chi connectivity index (χ1v) is 3.80. The lowest BCUT2D eigenvalue weighted by atomic mass is 10.2. The summed E-state index contributed by atoms with van der Waals surface area (Å²) in [5, 5.41) is 0. The fourth-order valence-electron chi connectivity index (χ4n) is 0.924. The molecule has 0 bridgehead atoms. The van der Waals surface area contributed by atoms with Crippen molar-refractivity contribution in [2.24, 2.45) is 5.73 Å². The molecule has 1 aromatic rings. The summed E-state index contributed by atoms with van der Waals surface area (Å²) >= 11 is 0. The molecule has 0 aromatic carbocycles. The maximum absolute atomic E-state index is 11.1. The van der Waals surface area contributed by atoms with Crippen molar-refractivity contribution in [2.45, 2.75) is 13.5 Å². The largest absolute Gasteiger partial charge is 0.465 e. The van der Waals surface area contributed by atoms with E-state index in [1.807, 2.05) is 0 Å². The average molecular weight is 181 g/mol. The number of hydrogen-bond donors (Lipinski definition) is 1. The zero-order valence-electron chi connectivity index (χ0n) is 7.57. The first-order valence-electron chi connectivity index (χ1n) is 3.80. The van der Waals surface area contributed by atoms with Crippen LogP contribution < -0.4 is 5.73 Å². The van der Waals surface area contributed by atoms with Gasteiger partial charge < -0.3 is 10.5 Å². The Morgan fingerprint density at radius 2 is 2.38 bits per heavy atom. The summed E-state index contributed by atoms with van der Waals surface area (Å²) in [7, 11) is 1.32. The molecule has 0 aliphatic rings. The molecule has 13 heavy (non-hydrogen) atoms. The molecule has 5 nitrogen and oxygen atoms in total. The predicted molar refractivity (Wildman–Crippen MR) is 46.0 cm³/mol. The number of carbonyl (C=O) groups is 1. The standard InChI is InChI=1S/C8H11N3O2/c1-5-6(8(12)13-2)4-10-7(3-9)11-5/h4H,3,9H2,1-2H3. The maximum atomic E-state index is 11.1. The number of rotatable bonds is 2. The van der Waals surface area contributed by atoms with Gasteiger partial charge in [-0.2, -0.15) is 0 Å². The number of esters is 1. The van der Waals surface area contributed by atoms with E-state index < -0.39 is 5.97 Å². The van der Waals surface area contributed by atoms with Gasteiger partial charge in [0.15, 0.2) is 0 Å². The summed E-state index contributed by atoms with van der Waals surface area (Å²) in [5.41, 5.74) is 6.30. The molecule has 1 rings (SSSR count). The summed E-state index contributed by atoms with van der Waals surface area (Å²) in [6, 6.07) is 0. The molecule has 1 heterocycles. The van der Waals surface area contributed by atoms with Gasteiger partial charge in [-0.05, 0) is 6.92 Å². The molecular formula is C8H11N3O2. The van der Waals surface area contributed by atoms with Crippen LogP contribution in [-0.4, -0.2) is 23.0 Å². The van der Waals surface area contributed by atoms with Crippen molar-refractivity contribution in [1.82, 2.24) is 9.97 Å². The lowest BCUT2D eigenvalue weighted by molar-refractivity contribution is 0.0598. The van der Waals surface area contributed by atoms with Crippen LogP contribution in [0.15, 0.2) is 6.20 Å². The fraction of sp³-hybridized carbons (Fsp3) is 0.375. The number of aromatic nitrogens is 2. The van der Waals surface area contributed by atoms with Crippen LogP contribution in [0.2, 0.25) is 0 Å². The zero-order valence-corrected chi connectivity index (χ0v) is 7.57. The second-order valence-corrected chi connectivity index (χ2v) is 2.48. The molecule has 0 unspecified atom stereocenters. The number of ether oxygens (including phenoxy) is 1. The number of methoxy groups -OCH3 is 1. The Balaban J connectivity index is 3.05. The Morgan fingerprint density at radius 1 is 1.69 bits per heavy atom. The van der Waals surface area contributed by atoms with Crippen LogP contribution >= 0.6 is 0 Å². The van der Waals surface area contributed by atoms with Gasteiger partial charge in [0.25, 0.3) is 0 Å². The molecule has 0 aliphatic heterocycles. The van der Waals surface area contributed by atoms with E-state index in [1.165, 1.54) is 13.3 Å². The third kappa shape index (κ3) is 2.00. The second kappa shape index (κ2) is 3.95. The molecule has 2 N–H and O–H groups in total. The number of aryl methyl sites for hydroxylation is 1. The van der Waals surface area contributed by atoms with Gasteiger partial charge in [-0.3, -0.25) is 0 Å². The number of hydrogen-bond acceptors (Lipinski definition) is 5. The lowest BCUT2D eigenvalue weighted by Gasteiger charge is -2.03. The Bertz CT molecular complexity index is 325. The molecule has 0 atom stereocenters. The summed E-state index contributed by atoms with van der Waals surface area (Å²) < 4.78 is 4.54. The molecule has 1 aromatic heterocycles. The van der Waals surface area contributed by atoms with Crippen molar-refractivity contribution in [3.05, 3.63) is 23.3 Å². The van der Waals surface area contributed by atoms with Crippen LogP contribution in [0.5, 0.6) is 0 Å². The minimum absolute atomic E-state index is 0.266. The van der Waals surface area contributed by atoms with Crippen LogP contribution in [0, 0.1) is 6.92 Å². The van der Waals surface area contributed by atoms with E-state index in [0.717, 1.165) is 0 Å².